The third-order valence-corrected chi connectivity index (χ3v) is 3.26. The molecule has 0 bridgehead atoms. The second kappa shape index (κ2) is 5.53. The van der Waals surface area contributed by atoms with Crippen LogP contribution >= 0.6 is 0 Å². The summed E-state index contributed by atoms with van der Waals surface area (Å²) in [6.07, 6.45) is 0. The van der Waals surface area contributed by atoms with Crippen LogP contribution in [0.4, 0.5) is 10.1 Å². The maximum atomic E-state index is 13.6. The Morgan fingerprint density at radius 2 is 1.84 bits per heavy atom. The molecule has 0 aliphatic carbocycles. The second-order valence-corrected chi connectivity index (χ2v) is 4.48. The van der Waals surface area contributed by atoms with Crippen molar-refractivity contribution < 1.29 is 4.39 Å². The number of nitrogens with zero attached hydrogens (tertiary/aromatic N) is 1. The molecule has 2 aromatic carbocycles. The highest BCUT2D eigenvalue weighted by Crippen LogP contribution is 2.25. The van der Waals surface area contributed by atoms with Crippen LogP contribution in [0, 0.1) is 31.0 Å². The van der Waals surface area contributed by atoms with Crippen molar-refractivity contribution in [2.45, 2.75) is 19.9 Å². The first-order valence-corrected chi connectivity index (χ1v) is 6.10. The predicted octanol–water partition coefficient (Wildman–Crippen LogP) is 4.12. The molecule has 0 saturated carbocycles. The van der Waals surface area contributed by atoms with Crippen molar-refractivity contribution in [3.63, 3.8) is 0 Å². The lowest BCUT2D eigenvalue weighted by molar-refractivity contribution is 0.629. The number of nitrogens with one attached hydrogen (secondary N) is 1. The van der Waals surface area contributed by atoms with E-state index in [4.69, 9.17) is 0 Å². The Kier molecular flexibility index (Phi) is 3.82. The van der Waals surface area contributed by atoms with E-state index in [1.807, 2.05) is 32.0 Å². The summed E-state index contributed by atoms with van der Waals surface area (Å²) in [6.45, 7) is 3.97. The molecule has 2 nitrogen and oxygen atoms in total. The quantitative estimate of drug-likeness (QED) is 0.894. The van der Waals surface area contributed by atoms with Crippen LogP contribution < -0.4 is 5.32 Å². The molecule has 0 heterocycles. The van der Waals surface area contributed by atoms with Crippen LogP contribution in [0.2, 0.25) is 0 Å². The minimum atomic E-state index is -0.559. The first kappa shape index (κ1) is 13.1. The minimum Gasteiger partial charge on any atom is -0.364 e. The van der Waals surface area contributed by atoms with Gasteiger partial charge in [-0.25, -0.2) is 4.39 Å². The highest BCUT2D eigenvalue weighted by molar-refractivity contribution is 5.50. The Morgan fingerprint density at radius 3 is 2.53 bits per heavy atom. The standard InChI is InChI=1S/C16H15FN2/c1-11-6-5-7-13(12(11)2)16(10-18)19-15-9-4-3-8-14(15)17/h3-9,16,19H,1-2H3. The van der Waals surface area contributed by atoms with Gasteiger partial charge in [0.15, 0.2) is 0 Å². The molecule has 0 aromatic heterocycles. The number of hydrogen-bond donors (Lipinski definition) is 1. The maximum Gasteiger partial charge on any atom is 0.146 e. The van der Waals surface area contributed by atoms with Gasteiger partial charge in [0.1, 0.15) is 11.9 Å². The highest BCUT2D eigenvalue weighted by atomic mass is 19.1. The molecule has 2 aromatic rings. The van der Waals surface area contributed by atoms with Crippen LogP contribution in [0.15, 0.2) is 42.5 Å². The van der Waals surface area contributed by atoms with E-state index < -0.39 is 6.04 Å². The number of aryl methyl sites for hydroxylation is 1. The van der Waals surface area contributed by atoms with Gasteiger partial charge in [0.2, 0.25) is 0 Å². The third kappa shape index (κ3) is 2.74. The zero-order chi connectivity index (χ0) is 13.8. The van der Waals surface area contributed by atoms with Gasteiger partial charge in [0, 0.05) is 0 Å². The van der Waals surface area contributed by atoms with Gasteiger partial charge in [0.05, 0.1) is 11.8 Å². The SMILES string of the molecule is Cc1cccc(C(C#N)Nc2ccccc2F)c1C. The molecule has 1 atom stereocenters. The average Bonchev–Trinajstić information content (AvgIpc) is 2.41. The van der Waals surface area contributed by atoms with E-state index in [1.54, 1.807) is 18.2 Å². The van der Waals surface area contributed by atoms with Crippen LogP contribution in [0.3, 0.4) is 0 Å². The van der Waals surface area contributed by atoms with Crippen LogP contribution in [0.5, 0.6) is 0 Å². The molecule has 0 radical (unpaired) electrons. The number of nitriles is 1. The lowest BCUT2D eigenvalue weighted by Crippen LogP contribution is -2.11. The molecule has 1 N–H and O–H groups in total. The Labute approximate surface area is 112 Å². The van der Waals surface area contributed by atoms with Gasteiger partial charge in [0.25, 0.3) is 0 Å². The summed E-state index contributed by atoms with van der Waals surface area (Å²) in [7, 11) is 0. The first-order valence-electron chi connectivity index (χ1n) is 6.10. The molecule has 1 unspecified atom stereocenters. The average molecular weight is 254 g/mol. The topological polar surface area (TPSA) is 35.8 Å². The molecule has 0 fully saturated rings. The highest BCUT2D eigenvalue weighted by Gasteiger charge is 2.15. The fraction of sp³-hybridized carbons (Fsp3) is 0.188. The zero-order valence-electron chi connectivity index (χ0n) is 10.9. The lowest BCUT2D eigenvalue weighted by atomic mass is 9.98. The summed E-state index contributed by atoms with van der Waals surface area (Å²) in [5.41, 5.74) is 3.40. The van der Waals surface area contributed by atoms with Crippen molar-refractivity contribution in [3.8, 4) is 6.07 Å². The largest absolute Gasteiger partial charge is 0.364 e. The van der Waals surface area contributed by atoms with Crippen LogP contribution in [0.25, 0.3) is 0 Å². The zero-order valence-corrected chi connectivity index (χ0v) is 10.9. The van der Waals surface area contributed by atoms with E-state index in [1.165, 1.54) is 6.07 Å². The number of para-hydroxylation sites is 1. The van der Waals surface area contributed by atoms with Crippen molar-refractivity contribution in [2.75, 3.05) is 5.32 Å². The third-order valence-electron chi connectivity index (χ3n) is 3.26. The van der Waals surface area contributed by atoms with Gasteiger partial charge in [-0.05, 0) is 42.7 Å². The Bertz CT molecular complexity index is 629. The molecule has 0 saturated heterocycles. The van der Waals surface area contributed by atoms with E-state index in [9.17, 15) is 9.65 Å². The molecule has 96 valence electrons. The number of halogens is 1. The van der Waals surface area contributed by atoms with E-state index in [0.29, 0.717) is 5.69 Å². The van der Waals surface area contributed by atoms with Crippen molar-refractivity contribution in [2.24, 2.45) is 0 Å². The second-order valence-electron chi connectivity index (χ2n) is 4.48. The Morgan fingerprint density at radius 1 is 1.11 bits per heavy atom. The van der Waals surface area contributed by atoms with Crippen LogP contribution in [-0.4, -0.2) is 0 Å². The molecule has 0 aliphatic rings. The van der Waals surface area contributed by atoms with E-state index in [2.05, 4.69) is 11.4 Å². The smallest absolute Gasteiger partial charge is 0.146 e. The fourth-order valence-electron chi connectivity index (χ4n) is 2.00. The molecule has 3 heteroatoms. The van der Waals surface area contributed by atoms with Gasteiger partial charge in [-0.2, -0.15) is 5.26 Å². The molecular formula is C16H15FN2. The number of anilines is 1. The summed E-state index contributed by atoms with van der Waals surface area (Å²) < 4.78 is 13.6. The monoisotopic (exact) mass is 254 g/mol. The van der Waals surface area contributed by atoms with Gasteiger partial charge < -0.3 is 5.32 Å². The predicted molar refractivity (Wildman–Crippen MR) is 74.3 cm³/mol. The van der Waals surface area contributed by atoms with Gasteiger partial charge in [-0.3, -0.25) is 0 Å². The molecule has 0 amide bonds. The normalized spacial score (nSPS) is 11.7. The first-order chi connectivity index (χ1) is 9.13. The molecule has 0 aliphatic heterocycles. The molecular weight excluding hydrogens is 239 g/mol. The van der Waals surface area contributed by atoms with Crippen molar-refractivity contribution in [3.05, 3.63) is 65.0 Å². The summed E-state index contributed by atoms with van der Waals surface area (Å²) in [5.74, 6) is -0.354. The van der Waals surface area contributed by atoms with Crippen LogP contribution in [-0.2, 0) is 0 Å². The van der Waals surface area contributed by atoms with Gasteiger partial charge >= 0.3 is 0 Å². The fourth-order valence-corrected chi connectivity index (χ4v) is 2.00. The molecule has 19 heavy (non-hydrogen) atoms. The Hall–Kier alpha value is -2.34. The summed E-state index contributed by atoms with van der Waals surface area (Å²) in [5, 5.41) is 12.3. The number of benzene rings is 2. The van der Waals surface area contributed by atoms with E-state index in [-0.39, 0.29) is 5.82 Å². The van der Waals surface area contributed by atoms with Crippen molar-refractivity contribution in [1.29, 1.82) is 5.26 Å². The lowest BCUT2D eigenvalue weighted by Gasteiger charge is -2.17. The van der Waals surface area contributed by atoms with E-state index in [0.717, 1.165) is 16.7 Å². The maximum absolute atomic E-state index is 13.6. The van der Waals surface area contributed by atoms with Crippen molar-refractivity contribution >= 4 is 5.69 Å². The Balaban J connectivity index is 2.34. The number of hydrogen-bond acceptors (Lipinski definition) is 2. The summed E-state index contributed by atoms with van der Waals surface area (Å²) >= 11 is 0. The van der Waals surface area contributed by atoms with Gasteiger partial charge in [-0.1, -0.05) is 30.3 Å². The number of rotatable bonds is 3. The van der Waals surface area contributed by atoms with Gasteiger partial charge in [-0.15, -0.1) is 0 Å². The molecule has 2 rings (SSSR count). The van der Waals surface area contributed by atoms with Crippen molar-refractivity contribution in [1.82, 2.24) is 0 Å². The summed E-state index contributed by atoms with van der Waals surface area (Å²) in [4.78, 5) is 0. The van der Waals surface area contributed by atoms with E-state index >= 15 is 0 Å². The minimum absolute atomic E-state index is 0.343. The summed E-state index contributed by atoms with van der Waals surface area (Å²) in [6, 6.07) is 13.8. The molecule has 0 spiro atoms. The van der Waals surface area contributed by atoms with Crippen LogP contribution in [0.1, 0.15) is 22.7 Å².